The highest BCUT2D eigenvalue weighted by Gasteiger charge is 2.11. The Balaban J connectivity index is 2.86. The molecule has 0 unspecified atom stereocenters. The van der Waals surface area contributed by atoms with Crippen LogP contribution in [0.1, 0.15) is 25.8 Å². The van der Waals surface area contributed by atoms with Gasteiger partial charge < -0.3 is 5.32 Å². The van der Waals surface area contributed by atoms with Crippen LogP contribution < -0.4 is 5.32 Å². The van der Waals surface area contributed by atoms with E-state index in [4.69, 9.17) is 5.26 Å². The van der Waals surface area contributed by atoms with E-state index in [-0.39, 0.29) is 17.5 Å². The number of nitriles is 1. The Kier molecular flexibility index (Phi) is 5.60. The summed E-state index contributed by atoms with van der Waals surface area (Å²) in [7, 11) is 0. The molecule has 0 aliphatic carbocycles. The molecule has 0 aliphatic heterocycles. The molecule has 94 valence electrons. The number of rotatable bonds is 4. The number of amides is 1. The van der Waals surface area contributed by atoms with Crippen molar-refractivity contribution in [3.05, 3.63) is 39.9 Å². The Morgan fingerprint density at radius 2 is 2.11 bits per heavy atom. The van der Waals surface area contributed by atoms with Crippen molar-refractivity contribution in [2.24, 2.45) is 0 Å². The van der Waals surface area contributed by atoms with Crippen LogP contribution in [0.5, 0.6) is 0 Å². The second kappa shape index (κ2) is 6.97. The van der Waals surface area contributed by atoms with Crippen LogP contribution in [0.4, 0.5) is 0 Å². The molecule has 0 aliphatic rings. The first-order valence-electron chi connectivity index (χ1n) is 5.75. The number of nitrogens with one attached hydrogen (secondary N) is 1. The van der Waals surface area contributed by atoms with Crippen molar-refractivity contribution in [1.29, 1.82) is 5.26 Å². The number of hydrogen-bond acceptors (Lipinski definition) is 2. The third-order valence-electron chi connectivity index (χ3n) is 2.54. The van der Waals surface area contributed by atoms with Gasteiger partial charge in [-0.3, -0.25) is 4.79 Å². The summed E-state index contributed by atoms with van der Waals surface area (Å²) >= 11 is 3.33. The van der Waals surface area contributed by atoms with Gasteiger partial charge in [0.25, 0.3) is 5.91 Å². The molecule has 0 saturated heterocycles. The zero-order valence-corrected chi connectivity index (χ0v) is 12.0. The third-order valence-corrected chi connectivity index (χ3v) is 3.06. The Bertz CT molecular complexity index is 486. The fourth-order valence-electron chi connectivity index (χ4n) is 1.28. The summed E-state index contributed by atoms with van der Waals surface area (Å²) in [6.45, 7) is 3.89. The van der Waals surface area contributed by atoms with Gasteiger partial charge in [0, 0.05) is 10.5 Å². The molecule has 0 bridgehead atoms. The first-order chi connectivity index (χ1) is 8.56. The summed E-state index contributed by atoms with van der Waals surface area (Å²) in [6, 6.07) is 9.43. The SMILES string of the molecule is CC[C@H](C)NC(=O)/C(C#N)=C/c1ccc(Br)cc1. The van der Waals surface area contributed by atoms with E-state index in [2.05, 4.69) is 21.2 Å². The Morgan fingerprint density at radius 3 is 2.61 bits per heavy atom. The minimum atomic E-state index is -0.324. The van der Waals surface area contributed by atoms with E-state index < -0.39 is 0 Å². The number of benzene rings is 1. The van der Waals surface area contributed by atoms with Crippen LogP contribution >= 0.6 is 15.9 Å². The molecule has 1 amide bonds. The number of carbonyl (C=O) groups excluding carboxylic acids is 1. The monoisotopic (exact) mass is 306 g/mol. The minimum Gasteiger partial charge on any atom is -0.349 e. The lowest BCUT2D eigenvalue weighted by atomic mass is 10.1. The Morgan fingerprint density at radius 1 is 1.50 bits per heavy atom. The van der Waals surface area contributed by atoms with E-state index in [1.54, 1.807) is 6.08 Å². The van der Waals surface area contributed by atoms with Crippen molar-refractivity contribution in [3.8, 4) is 6.07 Å². The van der Waals surface area contributed by atoms with Gasteiger partial charge in [-0.15, -0.1) is 0 Å². The molecule has 1 atom stereocenters. The number of carbonyl (C=O) groups is 1. The summed E-state index contributed by atoms with van der Waals surface area (Å²) < 4.78 is 0.960. The molecule has 0 saturated carbocycles. The van der Waals surface area contributed by atoms with Crippen LogP contribution in [0.25, 0.3) is 6.08 Å². The lowest BCUT2D eigenvalue weighted by molar-refractivity contribution is -0.117. The third kappa shape index (κ3) is 4.34. The van der Waals surface area contributed by atoms with Crippen molar-refractivity contribution in [2.75, 3.05) is 0 Å². The molecule has 18 heavy (non-hydrogen) atoms. The predicted molar refractivity (Wildman–Crippen MR) is 75.6 cm³/mol. The molecule has 4 heteroatoms. The standard InChI is InChI=1S/C14H15BrN2O/c1-3-10(2)17-14(18)12(9-16)8-11-4-6-13(15)7-5-11/h4-8,10H,3H2,1-2H3,(H,17,18)/b12-8+/t10-/m0/s1. The molecule has 3 nitrogen and oxygen atoms in total. The van der Waals surface area contributed by atoms with Crippen LogP contribution in [0, 0.1) is 11.3 Å². The van der Waals surface area contributed by atoms with Crippen molar-refractivity contribution in [3.63, 3.8) is 0 Å². The first kappa shape index (κ1) is 14.5. The molecular weight excluding hydrogens is 292 g/mol. The number of hydrogen-bond donors (Lipinski definition) is 1. The van der Waals surface area contributed by atoms with Gasteiger partial charge in [0.15, 0.2) is 0 Å². The van der Waals surface area contributed by atoms with Gasteiger partial charge in [-0.25, -0.2) is 0 Å². The van der Waals surface area contributed by atoms with Crippen LogP contribution in [-0.4, -0.2) is 11.9 Å². The van der Waals surface area contributed by atoms with Gasteiger partial charge in [0.05, 0.1) is 0 Å². The van der Waals surface area contributed by atoms with Crippen LogP contribution in [0.15, 0.2) is 34.3 Å². The van der Waals surface area contributed by atoms with E-state index in [9.17, 15) is 4.79 Å². The molecule has 1 aromatic rings. The largest absolute Gasteiger partial charge is 0.349 e. The highest BCUT2D eigenvalue weighted by Crippen LogP contribution is 2.13. The van der Waals surface area contributed by atoms with Crippen molar-refractivity contribution in [1.82, 2.24) is 5.32 Å². The molecule has 0 heterocycles. The maximum atomic E-state index is 11.8. The molecular formula is C14H15BrN2O. The average Bonchev–Trinajstić information content (AvgIpc) is 2.37. The molecule has 1 N–H and O–H groups in total. The summed E-state index contributed by atoms with van der Waals surface area (Å²) in [5.74, 6) is -0.324. The Hall–Kier alpha value is -1.60. The maximum absolute atomic E-state index is 11.8. The molecule has 0 fully saturated rings. The highest BCUT2D eigenvalue weighted by molar-refractivity contribution is 9.10. The smallest absolute Gasteiger partial charge is 0.262 e. The van der Waals surface area contributed by atoms with Gasteiger partial charge in [0.1, 0.15) is 11.6 Å². The van der Waals surface area contributed by atoms with Gasteiger partial charge in [-0.05, 0) is 37.1 Å². The molecule has 0 spiro atoms. The summed E-state index contributed by atoms with van der Waals surface area (Å²) in [5, 5.41) is 11.8. The van der Waals surface area contributed by atoms with Crippen LogP contribution in [-0.2, 0) is 4.79 Å². The van der Waals surface area contributed by atoms with Crippen molar-refractivity contribution >= 4 is 27.9 Å². The normalized spacial score (nSPS) is 12.7. The number of nitrogens with zero attached hydrogens (tertiary/aromatic N) is 1. The zero-order chi connectivity index (χ0) is 13.5. The maximum Gasteiger partial charge on any atom is 0.262 e. The fraction of sp³-hybridized carbons (Fsp3) is 0.286. The van der Waals surface area contributed by atoms with E-state index in [0.717, 1.165) is 16.5 Å². The van der Waals surface area contributed by atoms with E-state index in [0.29, 0.717) is 0 Å². The van der Waals surface area contributed by atoms with Crippen LogP contribution in [0.3, 0.4) is 0 Å². The molecule has 1 aromatic carbocycles. The lowest BCUT2D eigenvalue weighted by Gasteiger charge is -2.10. The van der Waals surface area contributed by atoms with Crippen LogP contribution in [0.2, 0.25) is 0 Å². The summed E-state index contributed by atoms with van der Waals surface area (Å²) in [4.78, 5) is 11.8. The highest BCUT2D eigenvalue weighted by atomic mass is 79.9. The zero-order valence-electron chi connectivity index (χ0n) is 10.4. The summed E-state index contributed by atoms with van der Waals surface area (Å²) in [5.41, 5.74) is 0.951. The summed E-state index contributed by atoms with van der Waals surface area (Å²) in [6.07, 6.45) is 2.42. The topological polar surface area (TPSA) is 52.9 Å². The number of halogens is 1. The van der Waals surface area contributed by atoms with E-state index >= 15 is 0 Å². The van der Waals surface area contributed by atoms with E-state index in [1.807, 2.05) is 44.2 Å². The quantitative estimate of drug-likeness (QED) is 0.685. The second-order valence-electron chi connectivity index (χ2n) is 4.00. The van der Waals surface area contributed by atoms with Gasteiger partial charge in [-0.1, -0.05) is 35.0 Å². The second-order valence-corrected chi connectivity index (χ2v) is 4.92. The van der Waals surface area contributed by atoms with Crippen molar-refractivity contribution < 1.29 is 4.79 Å². The van der Waals surface area contributed by atoms with Gasteiger partial charge in [-0.2, -0.15) is 5.26 Å². The molecule has 0 aromatic heterocycles. The predicted octanol–water partition coefficient (Wildman–Crippen LogP) is 3.27. The molecule has 1 rings (SSSR count). The Labute approximate surface area is 116 Å². The van der Waals surface area contributed by atoms with Gasteiger partial charge >= 0.3 is 0 Å². The van der Waals surface area contributed by atoms with Crippen molar-refractivity contribution in [2.45, 2.75) is 26.3 Å². The van der Waals surface area contributed by atoms with E-state index in [1.165, 1.54) is 0 Å². The first-order valence-corrected chi connectivity index (χ1v) is 6.54. The minimum absolute atomic E-state index is 0.0687. The fourth-order valence-corrected chi connectivity index (χ4v) is 1.54. The molecule has 0 radical (unpaired) electrons. The van der Waals surface area contributed by atoms with Gasteiger partial charge in [0.2, 0.25) is 0 Å². The average molecular weight is 307 g/mol. The lowest BCUT2D eigenvalue weighted by Crippen LogP contribution is -2.32.